The van der Waals surface area contributed by atoms with Gasteiger partial charge < -0.3 is 9.08 Å². The van der Waals surface area contributed by atoms with E-state index in [1.54, 1.807) is 53.4 Å². The van der Waals surface area contributed by atoms with Gasteiger partial charge in [-0.15, -0.1) is 0 Å². The Bertz CT molecular complexity index is 1410. The molecular weight excluding hydrogens is 472 g/mol. The Hall–Kier alpha value is -4.04. The van der Waals surface area contributed by atoms with Crippen molar-refractivity contribution in [3.63, 3.8) is 0 Å². The predicted molar refractivity (Wildman–Crippen MR) is 127 cm³/mol. The first-order valence-corrected chi connectivity index (χ1v) is 12.1. The van der Waals surface area contributed by atoms with E-state index >= 15 is 0 Å². The van der Waals surface area contributed by atoms with Crippen LogP contribution in [0.1, 0.15) is 21.5 Å². The van der Waals surface area contributed by atoms with Crippen molar-refractivity contribution in [1.82, 2.24) is 4.90 Å². The van der Waals surface area contributed by atoms with Gasteiger partial charge in [0.05, 0.1) is 0 Å². The molecule has 4 rings (SSSR count). The Kier molecular flexibility index (Phi) is 7.22. The summed E-state index contributed by atoms with van der Waals surface area (Å²) in [6.07, 6.45) is 0. The second-order valence-corrected chi connectivity index (χ2v) is 9.34. The lowest BCUT2D eigenvalue weighted by Crippen LogP contribution is -2.30. The lowest BCUT2D eigenvalue weighted by atomic mass is 10.1. The summed E-state index contributed by atoms with van der Waals surface area (Å²) in [4.78, 5) is 14.6. The third kappa shape index (κ3) is 6.30. The average molecular weight is 494 g/mol. The van der Waals surface area contributed by atoms with E-state index < -0.39 is 15.9 Å². The topological polar surface area (TPSA) is 63.7 Å². The summed E-state index contributed by atoms with van der Waals surface area (Å²) >= 11 is 0. The van der Waals surface area contributed by atoms with E-state index in [4.69, 9.17) is 4.18 Å². The van der Waals surface area contributed by atoms with Crippen LogP contribution in [0.5, 0.6) is 5.75 Å². The summed E-state index contributed by atoms with van der Waals surface area (Å²) in [5.41, 5.74) is 1.85. The molecule has 4 aromatic carbocycles. The van der Waals surface area contributed by atoms with Crippen LogP contribution in [0.3, 0.4) is 0 Å². The van der Waals surface area contributed by atoms with E-state index in [1.165, 1.54) is 24.3 Å². The Morgan fingerprint density at radius 3 is 1.97 bits per heavy atom. The fourth-order valence-corrected chi connectivity index (χ4v) is 4.39. The van der Waals surface area contributed by atoms with Crippen LogP contribution in [-0.4, -0.2) is 19.2 Å². The van der Waals surface area contributed by atoms with Crippen LogP contribution in [-0.2, 0) is 23.2 Å². The number of rotatable bonds is 8. The van der Waals surface area contributed by atoms with E-state index in [1.807, 2.05) is 6.07 Å². The number of benzene rings is 4. The molecule has 0 aliphatic rings. The zero-order valence-corrected chi connectivity index (χ0v) is 19.3. The summed E-state index contributed by atoms with van der Waals surface area (Å²) < 4.78 is 56.9. The minimum Gasteiger partial charge on any atom is -0.379 e. The van der Waals surface area contributed by atoms with Crippen LogP contribution >= 0.6 is 0 Å². The highest BCUT2D eigenvalue weighted by atomic mass is 32.2. The van der Waals surface area contributed by atoms with Gasteiger partial charge in [-0.2, -0.15) is 8.42 Å². The van der Waals surface area contributed by atoms with Crippen LogP contribution in [0, 0.1) is 11.6 Å². The van der Waals surface area contributed by atoms with E-state index in [-0.39, 0.29) is 35.5 Å². The highest BCUT2D eigenvalue weighted by Crippen LogP contribution is 2.22. The van der Waals surface area contributed by atoms with E-state index in [9.17, 15) is 22.0 Å². The van der Waals surface area contributed by atoms with Gasteiger partial charge in [-0.05, 0) is 71.8 Å². The van der Waals surface area contributed by atoms with Gasteiger partial charge in [-0.1, -0.05) is 42.5 Å². The standard InChI is InChI=1S/C27H21F2NO4S/c28-23-11-9-20(10-12-23)18-30(27(31)22-6-2-1-3-7-22)19-21-5-4-8-25(17-21)34-35(32,33)26-15-13-24(29)14-16-26/h1-17H,18-19H2. The van der Waals surface area contributed by atoms with Gasteiger partial charge in [-0.25, -0.2) is 8.78 Å². The minimum atomic E-state index is -4.17. The van der Waals surface area contributed by atoms with E-state index in [0.29, 0.717) is 11.1 Å². The minimum absolute atomic E-state index is 0.0562. The first-order valence-electron chi connectivity index (χ1n) is 10.7. The Morgan fingerprint density at radius 2 is 1.31 bits per heavy atom. The Labute approximate surface area is 202 Å². The molecule has 35 heavy (non-hydrogen) atoms. The maximum Gasteiger partial charge on any atom is 0.339 e. The second-order valence-electron chi connectivity index (χ2n) is 7.79. The number of halogens is 2. The van der Waals surface area contributed by atoms with Crippen LogP contribution in [0.2, 0.25) is 0 Å². The van der Waals surface area contributed by atoms with Gasteiger partial charge >= 0.3 is 10.1 Å². The van der Waals surface area contributed by atoms with Crippen molar-refractivity contribution in [2.45, 2.75) is 18.0 Å². The van der Waals surface area contributed by atoms with Gasteiger partial charge in [-0.3, -0.25) is 4.79 Å². The molecule has 4 aromatic rings. The van der Waals surface area contributed by atoms with Crippen molar-refractivity contribution in [2.75, 3.05) is 0 Å². The zero-order chi connectivity index (χ0) is 24.8. The monoisotopic (exact) mass is 493 g/mol. The molecule has 0 aromatic heterocycles. The molecular formula is C27H21F2NO4S. The van der Waals surface area contributed by atoms with Crippen molar-refractivity contribution in [2.24, 2.45) is 0 Å². The molecule has 0 atom stereocenters. The first-order chi connectivity index (χ1) is 16.8. The molecule has 0 aliphatic carbocycles. The van der Waals surface area contributed by atoms with Crippen molar-refractivity contribution in [3.8, 4) is 5.75 Å². The van der Waals surface area contributed by atoms with Gasteiger partial charge in [0.15, 0.2) is 0 Å². The van der Waals surface area contributed by atoms with Gasteiger partial charge in [0, 0.05) is 18.7 Å². The summed E-state index contributed by atoms with van der Waals surface area (Å²) in [5, 5.41) is 0. The Balaban J connectivity index is 1.58. The quantitative estimate of drug-likeness (QED) is 0.301. The SMILES string of the molecule is O=C(c1ccccc1)N(Cc1ccc(F)cc1)Cc1cccc(OS(=O)(=O)c2ccc(F)cc2)c1. The molecule has 0 radical (unpaired) electrons. The van der Waals surface area contributed by atoms with Crippen molar-refractivity contribution < 1.29 is 26.2 Å². The molecule has 0 heterocycles. The smallest absolute Gasteiger partial charge is 0.339 e. The molecule has 0 saturated carbocycles. The summed E-state index contributed by atoms with van der Waals surface area (Å²) in [6.45, 7) is 0.367. The number of carbonyl (C=O) groups excluding carboxylic acids is 1. The maximum absolute atomic E-state index is 13.4. The van der Waals surface area contributed by atoms with Crippen LogP contribution < -0.4 is 4.18 Å². The predicted octanol–water partition coefficient (Wildman–Crippen LogP) is 5.58. The number of amides is 1. The van der Waals surface area contributed by atoms with Crippen molar-refractivity contribution >= 4 is 16.0 Å². The largest absolute Gasteiger partial charge is 0.379 e. The number of hydrogen-bond acceptors (Lipinski definition) is 4. The molecule has 0 unspecified atom stereocenters. The number of hydrogen-bond donors (Lipinski definition) is 0. The highest BCUT2D eigenvalue weighted by molar-refractivity contribution is 7.87. The van der Waals surface area contributed by atoms with Gasteiger partial charge in [0.1, 0.15) is 22.3 Å². The highest BCUT2D eigenvalue weighted by Gasteiger charge is 2.19. The van der Waals surface area contributed by atoms with E-state index in [0.717, 1.165) is 29.8 Å². The molecule has 0 bridgehead atoms. The van der Waals surface area contributed by atoms with Crippen molar-refractivity contribution in [3.05, 3.63) is 131 Å². The summed E-state index contributed by atoms with van der Waals surface area (Å²) in [5.74, 6) is -1.11. The van der Waals surface area contributed by atoms with Gasteiger partial charge in [0.2, 0.25) is 0 Å². The third-order valence-electron chi connectivity index (χ3n) is 5.17. The molecule has 5 nitrogen and oxygen atoms in total. The molecule has 8 heteroatoms. The second kappa shape index (κ2) is 10.5. The zero-order valence-electron chi connectivity index (χ0n) is 18.5. The number of nitrogens with zero attached hydrogens (tertiary/aromatic N) is 1. The fourth-order valence-electron chi connectivity index (χ4n) is 3.47. The van der Waals surface area contributed by atoms with Crippen LogP contribution in [0.4, 0.5) is 8.78 Å². The average Bonchev–Trinajstić information content (AvgIpc) is 2.85. The Morgan fingerprint density at radius 1 is 0.714 bits per heavy atom. The first kappa shape index (κ1) is 24.1. The lowest BCUT2D eigenvalue weighted by molar-refractivity contribution is 0.0730. The third-order valence-corrected chi connectivity index (χ3v) is 6.44. The van der Waals surface area contributed by atoms with E-state index in [2.05, 4.69) is 0 Å². The maximum atomic E-state index is 13.4. The fraction of sp³-hybridized carbons (Fsp3) is 0.0741. The molecule has 0 aliphatic heterocycles. The van der Waals surface area contributed by atoms with Crippen LogP contribution in [0.15, 0.2) is 108 Å². The molecule has 1 amide bonds. The van der Waals surface area contributed by atoms with Crippen molar-refractivity contribution in [1.29, 1.82) is 0 Å². The lowest BCUT2D eigenvalue weighted by Gasteiger charge is -2.23. The molecule has 178 valence electrons. The summed E-state index contributed by atoms with van der Waals surface area (Å²) in [7, 11) is -4.17. The number of carbonyl (C=O) groups is 1. The normalized spacial score (nSPS) is 11.1. The molecule has 0 saturated heterocycles. The van der Waals surface area contributed by atoms with Gasteiger partial charge in [0.25, 0.3) is 5.91 Å². The van der Waals surface area contributed by atoms with Crippen LogP contribution in [0.25, 0.3) is 0 Å². The molecule has 0 spiro atoms. The summed E-state index contributed by atoms with van der Waals surface area (Å²) in [6, 6.07) is 25.3. The molecule has 0 fully saturated rings. The molecule has 0 N–H and O–H groups in total.